The lowest BCUT2D eigenvalue weighted by Gasteiger charge is -2.41. The summed E-state index contributed by atoms with van der Waals surface area (Å²) in [6, 6.07) is 14.1. The summed E-state index contributed by atoms with van der Waals surface area (Å²) in [7, 11) is 0. The fourth-order valence-corrected chi connectivity index (χ4v) is 6.23. The van der Waals surface area contributed by atoms with E-state index in [1.807, 2.05) is 64.1 Å². The molecule has 3 aliphatic rings. The van der Waals surface area contributed by atoms with Crippen LogP contribution < -0.4 is 10.1 Å². The summed E-state index contributed by atoms with van der Waals surface area (Å²) in [6.07, 6.45) is 4.16. The van der Waals surface area contributed by atoms with Gasteiger partial charge in [-0.15, -0.1) is 0 Å². The van der Waals surface area contributed by atoms with Crippen molar-refractivity contribution in [1.29, 1.82) is 0 Å². The first-order valence-electron chi connectivity index (χ1n) is 14.7. The molecule has 2 aromatic carbocycles. The fraction of sp³-hybridized carbons (Fsp3) is 0.515. The maximum absolute atomic E-state index is 14.9. The first kappa shape index (κ1) is 30.0. The molecule has 2 aliphatic heterocycles. The van der Waals surface area contributed by atoms with Crippen LogP contribution in [-0.4, -0.2) is 66.0 Å². The number of allylic oxidation sites excluding steroid dienone is 1. The van der Waals surface area contributed by atoms with Crippen LogP contribution in [0.4, 0.5) is 9.18 Å². The Morgan fingerprint density at radius 3 is 2.64 bits per heavy atom. The molecule has 0 bridgehead atoms. The van der Waals surface area contributed by atoms with Crippen LogP contribution in [0.5, 0.6) is 5.75 Å². The number of hydrogen-bond acceptors (Lipinski definition) is 6. The Morgan fingerprint density at radius 2 is 1.95 bits per heavy atom. The van der Waals surface area contributed by atoms with Gasteiger partial charge in [0.1, 0.15) is 18.8 Å². The third kappa shape index (κ3) is 6.79. The van der Waals surface area contributed by atoms with Gasteiger partial charge in [-0.1, -0.05) is 48.5 Å². The van der Waals surface area contributed by atoms with Gasteiger partial charge in [0, 0.05) is 11.6 Å². The molecule has 3 unspecified atom stereocenters. The predicted octanol–water partition coefficient (Wildman–Crippen LogP) is 5.64. The second kappa shape index (κ2) is 12.4. The number of benzene rings is 2. The molecule has 2 fully saturated rings. The van der Waals surface area contributed by atoms with E-state index in [0.29, 0.717) is 25.9 Å². The summed E-state index contributed by atoms with van der Waals surface area (Å²) in [4.78, 5) is 27.4. The number of nitrogens with one attached hydrogen (secondary N) is 1. The molecule has 1 N–H and O–H groups in total. The Kier molecular flexibility index (Phi) is 8.89. The van der Waals surface area contributed by atoms with Crippen LogP contribution in [0.2, 0.25) is 0 Å². The van der Waals surface area contributed by atoms with Crippen molar-refractivity contribution in [2.75, 3.05) is 19.8 Å². The van der Waals surface area contributed by atoms with Gasteiger partial charge in [-0.2, -0.15) is 0 Å². The van der Waals surface area contributed by atoms with Gasteiger partial charge >= 0.3 is 6.09 Å². The third-order valence-electron chi connectivity index (χ3n) is 8.09. The van der Waals surface area contributed by atoms with Gasteiger partial charge in [0.05, 0.1) is 30.9 Å². The molecular formula is C33H41FN2O6. The van der Waals surface area contributed by atoms with E-state index in [2.05, 4.69) is 11.4 Å². The minimum Gasteiger partial charge on any atom is -0.485 e. The molecule has 0 aromatic heterocycles. The molecule has 2 amide bonds. The minimum absolute atomic E-state index is 0.00345. The van der Waals surface area contributed by atoms with E-state index in [-0.39, 0.29) is 49.4 Å². The topological polar surface area (TPSA) is 86.3 Å². The largest absolute Gasteiger partial charge is 0.485 e. The second-order valence-corrected chi connectivity index (χ2v) is 12.5. The van der Waals surface area contributed by atoms with Crippen molar-refractivity contribution in [3.63, 3.8) is 0 Å². The highest BCUT2D eigenvalue weighted by molar-refractivity contribution is 5.79. The average Bonchev–Trinajstić information content (AvgIpc) is 3.20. The fourth-order valence-electron chi connectivity index (χ4n) is 6.23. The zero-order valence-corrected chi connectivity index (χ0v) is 24.9. The van der Waals surface area contributed by atoms with E-state index < -0.39 is 23.3 Å². The average molecular weight is 581 g/mol. The molecule has 42 heavy (non-hydrogen) atoms. The summed E-state index contributed by atoms with van der Waals surface area (Å²) in [5.41, 5.74) is 1.35. The zero-order chi connectivity index (χ0) is 29.9. The summed E-state index contributed by atoms with van der Waals surface area (Å²) in [6.45, 7) is 8.28. The number of carbonyl (C=O) groups excluding carboxylic acids is 2. The molecule has 2 saturated heterocycles. The summed E-state index contributed by atoms with van der Waals surface area (Å²) >= 11 is 0. The van der Waals surface area contributed by atoms with Crippen LogP contribution in [0.25, 0.3) is 5.57 Å². The Morgan fingerprint density at radius 1 is 1.17 bits per heavy atom. The first-order chi connectivity index (χ1) is 20.0. The molecule has 226 valence electrons. The number of nitrogens with zero attached hydrogens (tertiary/aromatic N) is 1. The number of rotatable bonds is 7. The van der Waals surface area contributed by atoms with Crippen molar-refractivity contribution in [2.24, 2.45) is 0 Å². The van der Waals surface area contributed by atoms with Crippen molar-refractivity contribution in [1.82, 2.24) is 10.2 Å². The number of ether oxygens (including phenoxy) is 4. The van der Waals surface area contributed by atoms with Gasteiger partial charge < -0.3 is 24.3 Å². The summed E-state index contributed by atoms with van der Waals surface area (Å²) in [5.74, 6) is -0.327. The smallest absolute Gasteiger partial charge is 0.410 e. The molecule has 0 saturated carbocycles. The molecule has 8 nitrogen and oxygen atoms in total. The van der Waals surface area contributed by atoms with Crippen molar-refractivity contribution >= 4 is 17.6 Å². The number of likely N-dealkylation sites (tertiary alicyclic amines) is 1. The quantitative estimate of drug-likeness (QED) is 0.456. The highest BCUT2D eigenvalue weighted by Gasteiger charge is 2.56. The van der Waals surface area contributed by atoms with Crippen LogP contribution in [0.1, 0.15) is 64.5 Å². The maximum Gasteiger partial charge on any atom is 0.410 e. The van der Waals surface area contributed by atoms with E-state index in [1.54, 1.807) is 11.0 Å². The Balaban J connectivity index is 1.28. The SMILES string of the molecule is C[C@@H]1CC2(COCC(=O)N2)C(COC2CC=C(c3cccc(F)c3OCc3ccccc3)CC2)N1C(=O)OC(C)(C)C. The number of carbonyl (C=O) groups is 2. The van der Waals surface area contributed by atoms with Gasteiger partial charge in [-0.25, -0.2) is 9.18 Å². The number of halogens is 1. The Bertz CT molecular complexity index is 1310. The summed E-state index contributed by atoms with van der Waals surface area (Å²) < 4.78 is 38.6. The molecule has 0 radical (unpaired) electrons. The predicted molar refractivity (Wildman–Crippen MR) is 156 cm³/mol. The normalized spacial score (nSPS) is 26.1. The lowest BCUT2D eigenvalue weighted by molar-refractivity contribution is -0.137. The van der Waals surface area contributed by atoms with Crippen LogP contribution in [0, 0.1) is 5.82 Å². The number of hydrogen-bond donors (Lipinski definition) is 1. The molecule has 9 heteroatoms. The Labute approximate surface area is 247 Å². The number of morpholine rings is 1. The van der Waals surface area contributed by atoms with Gasteiger partial charge in [0.25, 0.3) is 0 Å². The lowest BCUT2D eigenvalue weighted by Crippen LogP contribution is -2.65. The standard InChI is InChI=1S/C33H41FN2O6/c1-22-17-33(21-39-20-29(37)35-33)28(36(22)31(38)42-32(2,3)4)19-40-25-15-13-24(14-16-25)26-11-8-12-27(34)30(26)41-18-23-9-6-5-7-10-23/h5-13,22,25,28H,14-21H2,1-4H3,(H,35,37)/t22-,25?,28?,33?/m1/s1. The lowest BCUT2D eigenvalue weighted by atomic mass is 9.88. The van der Waals surface area contributed by atoms with E-state index in [9.17, 15) is 14.0 Å². The first-order valence-corrected chi connectivity index (χ1v) is 14.7. The van der Waals surface area contributed by atoms with Gasteiger partial charge in [-0.3, -0.25) is 9.69 Å². The van der Waals surface area contributed by atoms with Crippen LogP contribution in [0.15, 0.2) is 54.6 Å². The van der Waals surface area contributed by atoms with Crippen LogP contribution >= 0.6 is 0 Å². The van der Waals surface area contributed by atoms with E-state index in [4.69, 9.17) is 18.9 Å². The van der Waals surface area contributed by atoms with E-state index in [0.717, 1.165) is 23.1 Å². The van der Waals surface area contributed by atoms with Crippen LogP contribution in [-0.2, 0) is 25.6 Å². The van der Waals surface area contributed by atoms with Crippen molar-refractivity contribution in [2.45, 2.75) is 89.3 Å². The molecule has 2 heterocycles. The number of amides is 2. The second-order valence-electron chi connectivity index (χ2n) is 12.5. The minimum atomic E-state index is -0.742. The van der Waals surface area contributed by atoms with Gasteiger partial charge in [0.15, 0.2) is 11.6 Å². The third-order valence-corrected chi connectivity index (χ3v) is 8.09. The van der Waals surface area contributed by atoms with Crippen molar-refractivity contribution in [3.05, 3.63) is 71.6 Å². The van der Waals surface area contributed by atoms with E-state index >= 15 is 0 Å². The molecule has 5 rings (SSSR count). The van der Waals surface area contributed by atoms with E-state index in [1.165, 1.54) is 6.07 Å². The molecule has 1 aliphatic carbocycles. The molecule has 4 atom stereocenters. The monoisotopic (exact) mass is 580 g/mol. The maximum atomic E-state index is 14.9. The molecular weight excluding hydrogens is 539 g/mol. The van der Waals surface area contributed by atoms with Crippen LogP contribution in [0.3, 0.4) is 0 Å². The Hall–Kier alpha value is -3.43. The molecule has 2 aromatic rings. The molecule has 1 spiro atoms. The van der Waals surface area contributed by atoms with Gasteiger partial charge in [-0.05, 0) is 70.6 Å². The highest BCUT2D eigenvalue weighted by Crippen LogP contribution is 2.39. The van der Waals surface area contributed by atoms with Gasteiger partial charge in [0.2, 0.25) is 5.91 Å². The van der Waals surface area contributed by atoms with Crippen molar-refractivity contribution in [3.8, 4) is 5.75 Å². The van der Waals surface area contributed by atoms with Crippen molar-refractivity contribution < 1.29 is 32.9 Å². The summed E-state index contributed by atoms with van der Waals surface area (Å²) in [5, 5.41) is 3.12. The highest BCUT2D eigenvalue weighted by atomic mass is 19.1. The number of para-hydroxylation sites is 1. The zero-order valence-electron chi connectivity index (χ0n) is 24.9.